The second-order valence-corrected chi connectivity index (χ2v) is 3.89. The molecule has 0 aliphatic rings. The van der Waals surface area contributed by atoms with Gasteiger partial charge in [-0.3, -0.25) is 9.67 Å². The molecule has 2 rings (SSSR count). The van der Waals surface area contributed by atoms with Crippen molar-refractivity contribution >= 4 is 0 Å². The molecule has 2 aromatic heterocycles. The topological polar surface area (TPSA) is 66.0 Å². The highest BCUT2D eigenvalue weighted by molar-refractivity contribution is 5.27. The van der Waals surface area contributed by atoms with Crippen molar-refractivity contribution in [3.63, 3.8) is 0 Å². The summed E-state index contributed by atoms with van der Waals surface area (Å²) in [6.07, 6.45) is 6.01. The van der Waals surface area contributed by atoms with E-state index in [1.165, 1.54) is 0 Å². The van der Waals surface area contributed by atoms with E-state index < -0.39 is 0 Å². The average molecular weight is 232 g/mol. The zero-order valence-corrected chi connectivity index (χ0v) is 10.00. The molecular weight excluding hydrogens is 216 g/mol. The number of pyridine rings is 1. The molecule has 2 N–H and O–H groups in total. The molecule has 5 nitrogen and oxygen atoms in total. The first-order chi connectivity index (χ1) is 8.19. The Labute approximate surface area is 100 Å². The van der Waals surface area contributed by atoms with Crippen LogP contribution >= 0.6 is 0 Å². The van der Waals surface area contributed by atoms with Gasteiger partial charge in [-0.15, -0.1) is 0 Å². The van der Waals surface area contributed by atoms with Gasteiger partial charge in [-0.25, -0.2) is 0 Å². The molecule has 0 aliphatic heterocycles. The maximum absolute atomic E-state index is 5.88. The average Bonchev–Trinajstić information content (AvgIpc) is 2.75. The molecule has 2 heterocycles. The molecule has 90 valence electrons. The summed E-state index contributed by atoms with van der Waals surface area (Å²) in [6.45, 7) is 2.03. The lowest BCUT2D eigenvalue weighted by Crippen LogP contribution is -2.10. The van der Waals surface area contributed by atoms with Gasteiger partial charge < -0.3 is 10.5 Å². The fraction of sp³-hybridized carbons (Fsp3) is 0.333. The van der Waals surface area contributed by atoms with E-state index in [9.17, 15) is 0 Å². The Kier molecular flexibility index (Phi) is 3.39. The zero-order valence-electron chi connectivity index (χ0n) is 10.00. The van der Waals surface area contributed by atoms with Crippen LogP contribution in [0.25, 0.3) is 0 Å². The Bertz CT molecular complexity index is 478. The normalized spacial score (nSPS) is 12.4. The van der Waals surface area contributed by atoms with E-state index in [1.807, 2.05) is 26.1 Å². The van der Waals surface area contributed by atoms with E-state index in [4.69, 9.17) is 10.5 Å². The molecule has 0 saturated carbocycles. The lowest BCUT2D eigenvalue weighted by atomic mass is 10.1. The van der Waals surface area contributed by atoms with Gasteiger partial charge in [-0.05, 0) is 18.6 Å². The first-order valence-corrected chi connectivity index (χ1v) is 5.57. The van der Waals surface area contributed by atoms with Gasteiger partial charge in [-0.2, -0.15) is 5.10 Å². The third-order valence-electron chi connectivity index (χ3n) is 2.50. The summed E-state index contributed by atoms with van der Waals surface area (Å²) < 4.78 is 7.27. The molecule has 0 bridgehead atoms. The highest BCUT2D eigenvalue weighted by Gasteiger charge is 2.05. The van der Waals surface area contributed by atoms with Crippen LogP contribution in [0.15, 0.2) is 30.7 Å². The van der Waals surface area contributed by atoms with Gasteiger partial charge in [0.15, 0.2) is 5.75 Å². The van der Waals surface area contributed by atoms with Crippen LogP contribution in [0, 0.1) is 0 Å². The fourth-order valence-corrected chi connectivity index (χ4v) is 1.47. The number of aromatic nitrogens is 3. The van der Waals surface area contributed by atoms with Crippen molar-refractivity contribution in [2.24, 2.45) is 12.8 Å². The summed E-state index contributed by atoms with van der Waals surface area (Å²) in [4.78, 5) is 4.28. The number of nitrogens with zero attached hydrogens (tertiary/aromatic N) is 3. The quantitative estimate of drug-likeness (QED) is 0.875. The molecule has 0 amide bonds. The van der Waals surface area contributed by atoms with Gasteiger partial charge in [0, 0.05) is 13.1 Å². The minimum Gasteiger partial charge on any atom is -0.452 e. The molecule has 17 heavy (non-hydrogen) atoms. The Balaban J connectivity index is 2.08. The highest BCUT2D eigenvalue weighted by Crippen LogP contribution is 2.21. The summed E-state index contributed by atoms with van der Waals surface area (Å²) in [5.74, 6) is 1.38. The second-order valence-electron chi connectivity index (χ2n) is 3.89. The van der Waals surface area contributed by atoms with Crippen molar-refractivity contribution in [1.82, 2.24) is 14.8 Å². The molecule has 2 aromatic rings. The fourth-order valence-electron chi connectivity index (χ4n) is 1.47. The van der Waals surface area contributed by atoms with E-state index in [0.717, 1.165) is 12.1 Å². The number of ether oxygens (including phenoxy) is 1. The van der Waals surface area contributed by atoms with Crippen LogP contribution in [0.4, 0.5) is 0 Å². The molecule has 1 unspecified atom stereocenters. The molecule has 0 saturated heterocycles. The predicted molar refractivity (Wildman–Crippen MR) is 64.7 cm³/mol. The van der Waals surface area contributed by atoms with Crippen molar-refractivity contribution in [3.8, 4) is 11.5 Å². The van der Waals surface area contributed by atoms with E-state index in [2.05, 4.69) is 10.1 Å². The van der Waals surface area contributed by atoms with Crippen LogP contribution < -0.4 is 10.5 Å². The lowest BCUT2D eigenvalue weighted by molar-refractivity contribution is 0.478. The molecule has 0 aliphatic carbocycles. The van der Waals surface area contributed by atoms with Crippen molar-refractivity contribution in [1.29, 1.82) is 0 Å². The van der Waals surface area contributed by atoms with Crippen LogP contribution in [0.3, 0.4) is 0 Å². The maximum atomic E-state index is 5.88. The number of hydrogen-bond acceptors (Lipinski definition) is 4. The summed E-state index contributed by atoms with van der Waals surface area (Å²) in [5.41, 5.74) is 6.76. The molecule has 5 heteroatoms. The van der Waals surface area contributed by atoms with Crippen LogP contribution in [-0.2, 0) is 7.05 Å². The standard InChI is InChI=1S/C12H16N4O/c1-3-11(13)12-5-4-9(6-14-12)17-10-7-15-16(2)8-10/h4-8,11H,3,13H2,1-2H3. The third kappa shape index (κ3) is 2.82. The van der Waals surface area contributed by atoms with Crippen LogP contribution in [0.2, 0.25) is 0 Å². The molecule has 0 fully saturated rings. The number of nitrogens with two attached hydrogens (primary N) is 1. The molecule has 1 atom stereocenters. The van der Waals surface area contributed by atoms with Gasteiger partial charge in [0.1, 0.15) is 5.75 Å². The van der Waals surface area contributed by atoms with Crippen LogP contribution in [-0.4, -0.2) is 14.8 Å². The third-order valence-corrected chi connectivity index (χ3v) is 2.50. The Hall–Kier alpha value is -1.88. The zero-order chi connectivity index (χ0) is 12.3. The first-order valence-electron chi connectivity index (χ1n) is 5.57. The van der Waals surface area contributed by atoms with Gasteiger partial charge in [0.25, 0.3) is 0 Å². The SMILES string of the molecule is CCC(N)c1ccc(Oc2cnn(C)c2)cn1. The summed E-state index contributed by atoms with van der Waals surface area (Å²) in [7, 11) is 1.84. The van der Waals surface area contributed by atoms with Crippen molar-refractivity contribution < 1.29 is 4.74 Å². The van der Waals surface area contributed by atoms with Crippen molar-refractivity contribution in [2.45, 2.75) is 19.4 Å². The Morgan fingerprint density at radius 3 is 2.71 bits per heavy atom. The van der Waals surface area contributed by atoms with Gasteiger partial charge in [0.05, 0.1) is 24.3 Å². The van der Waals surface area contributed by atoms with Gasteiger partial charge in [-0.1, -0.05) is 6.92 Å². The van der Waals surface area contributed by atoms with Gasteiger partial charge in [0.2, 0.25) is 0 Å². The minimum absolute atomic E-state index is 0.0116. The van der Waals surface area contributed by atoms with E-state index >= 15 is 0 Å². The molecular formula is C12H16N4O. The van der Waals surface area contributed by atoms with Crippen LogP contribution in [0.5, 0.6) is 11.5 Å². The predicted octanol–water partition coefficient (Wildman–Crippen LogP) is 2.02. The molecule has 0 aromatic carbocycles. The lowest BCUT2D eigenvalue weighted by Gasteiger charge is -2.08. The summed E-state index contributed by atoms with van der Waals surface area (Å²) in [6, 6.07) is 3.74. The Morgan fingerprint density at radius 2 is 2.18 bits per heavy atom. The monoisotopic (exact) mass is 232 g/mol. The van der Waals surface area contributed by atoms with Gasteiger partial charge >= 0.3 is 0 Å². The second kappa shape index (κ2) is 4.97. The molecule has 0 spiro atoms. The maximum Gasteiger partial charge on any atom is 0.165 e. The van der Waals surface area contributed by atoms with E-state index in [1.54, 1.807) is 23.3 Å². The molecule has 0 radical (unpaired) electrons. The summed E-state index contributed by atoms with van der Waals surface area (Å²) in [5, 5.41) is 4.02. The smallest absolute Gasteiger partial charge is 0.165 e. The number of rotatable bonds is 4. The van der Waals surface area contributed by atoms with Crippen molar-refractivity contribution in [3.05, 3.63) is 36.4 Å². The first kappa shape index (κ1) is 11.6. The van der Waals surface area contributed by atoms with Crippen molar-refractivity contribution in [2.75, 3.05) is 0 Å². The largest absolute Gasteiger partial charge is 0.452 e. The minimum atomic E-state index is -0.0116. The summed E-state index contributed by atoms with van der Waals surface area (Å²) >= 11 is 0. The highest BCUT2D eigenvalue weighted by atomic mass is 16.5. The van der Waals surface area contributed by atoms with E-state index in [0.29, 0.717) is 11.5 Å². The van der Waals surface area contributed by atoms with Crippen LogP contribution in [0.1, 0.15) is 25.1 Å². The number of aryl methyl sites for hydroxylation is 1. The van der Waals surface area contributed by atoms with E-state index in [-0.39, 0.29) is 6.04 Å². The number of hydrogen-bond donors (Lipinski definition) is 1. The Morgan fingerprint density at radius 1 is 1.35 bits per heavy atom.